The number of benzene rings is 1. The van der Waals surface area contributed by atoms with Crippen molar-refractivity contribution >= 4 is 17.7 Å². The molecular weight excluding hydrogens is 426 g/mol. The van der Waals surface area contributed by atoms with Crippen LogP contribution in [0.15, 0.2) is 42.0 Å². The van der Waals surface area contributed by atoms with Gasteiger partial charge in [-0.2, -0.15) is 0 Å². The van der Waals surface area contributed by atoms with Crippen molar-refractivity contribution in [2.24, 2.45) is 0 Å². The fraction of sp³-hybridized carbons (Fsp3) is 0.464. The van der Waals surface area contributed by atoms with Gasteiger partial charge in [0.25, 0.3) is 5.91 Å². The lowest BCUT2D eigenvalue weighted by atomic mass is 9.76. The van der Waals surface area contributed by atoms with Crippen LogP contribution < -0.4 is 5.32 Å². The summed E-state index contributed by atoms with van der Waals surface area (Å²) in [4.78, 5) is 40.9. The summed E-state index contributed by atoms with van der Waals surface area (Å²) < 4.78 is 2.19. The van der Waals surface area contributed by atoms with Crippen molar-refractivity contribution in [2.45, 2.75) is 77.3 Å². The fourth-order valence-corrected chi connectivity index (χ4v) is 6.00. The monoisotopic (exact) mass is 459 g/mol. The lowest BCUT2D eigenvalue weighted by Crippen LogP contribution is -2.46. The molecule has 1 unspecified atom stereocenters. The van der Waals surface area contributed by atoms with Gasteiger partial charge in [-0.3, -0.25) is 14.5 Å². The zero-order valence-electron chi connectivity index (χ0n) is 20.2. The highest BCUT2D eigenvalue weighted by molar-refractivity contribution is 6.11. The van der Waals surface area contributed by atoms with E-state index >= 15 is 0 Å². The molecule has 1 aliphatic heterocycles. The molecule has 178 valence electrons. The van der Waals surface area contributed by atoms with E-state index in [1.807, 2.05) is 44.2 Å². The van der Waals surface area contributed by atoms with Gasteiger partial charge in [0, 0.05) is 23.5 Å². The van der Waals surface area contributed by atoms with Crippen molar-refractivity contribution in [2.75, 3.05) is 6.54 Å². The number of allylic oxidation sites excluding steroid dienone is 2. The first-order chi connectivity index (χ1) is 16.4. The summed E-state index contributed by atoms with van der Waals surface area (Å²) in [7, 11) is 0. The minimum absolute atomic E-state index is 0.194. The zero-order valence-corrected chi connectivity index (χ0v) is 20.2. The van der Waals surface area contributed by atoms with E-state index in [9.17, 15) is 14.4 Å². The second kappa shape index (κ2) is 8.90. The van der Waals surface area contributed by atoms with Gasteiger partial charge < -0.3 is 9.88 Å². The number of imide groups is 1. The molecule has 5 rings (SSSR count). The summed E-state index contributed by atoms with van der Waals surface area (Å²) in [6, 6.07) is 9.22. The second-order valence-corrected chi connectivity index (χ2v) is 9.96. The van der Waals surface area contributed by atoms with Crippen LogP contribution in [-0.4, -0.2) is 33.7 Å². The number of nitrogens with zero attached hydrogens (tertiary/aromatic N) is 2. The Labute approximate surface area is 201 Å². The summed E-state index contributed by atoms with van der Waals surface area (Å²) >= 11 is 0. The number of ketones is 1. The summed E-state index contributed by atoms with van der Waals surface area (Å²) in [5.41, 5.74) is 4.95. The van der Waals surface area contributed by atoms with E-state index in [2.05, 4.69) is 16.0 Å². The number of amides is 3. The van der Waals surface area contributed by atoms with Gasteiger partial charge in [-0.05, 0) is 82.4 Å². The Balaban J connectivity index is 1.34. The minimum Gasteiger partial charge on any atom is -0.348 e. The summed E-state index contributed by atoms with van der Waals surface area (Å²) in [5, 5.41) is 2.94. The third-order valence-electron chi connectivity index (χ3n) is 7.87. The SMILES string of the molecule is Cc1cc(C(=O)CN2C(=O)NC3(CCCc4ccccc43)C2=O)c(C)n1CCC1=CCCCC1. The van der Waals surface area contributed by atoms with Gasteiger partial charge in [0.15, 0.2) is 5.78 Å². The molecule has 1 saturated heterocycles. The first-order valence-electron chi connectivity index (χ1n) is 12.5. The van der Waals surface area contributed by atoms with E-state index in [1.165, 1.54) is 31.3 Å². The maximum absolute atomic E-state index is 13.5. The molecule has 0 bridgehead atoms. The molecule has 2 aliphatic carbocycles. The van der Waals surface area contributed by atoms with Crippen LogP contribution in [0.1, 0.15) is 77.8 Å². The van der Waals surface area contributed by atoms with Crippen molar-refractivity contribution in [3.8, 4) is 0 Å². The van der Waals surface area contributed by atoms with Crippen LogP contribution in [0.2, 0.25) is 0 Å². The summed E-state index contributed by atoms with van der Waals surface area (Å²) in [6.45, 7) is 4.59. The lowest BCUT2D eigenvalue weighted by molar-refractivity contribution is -0.131. The molecular formula is C28H33N3O3. The van der Waals surface area contributed by atoms with Gasteiger partial charge in [0.2, 0.25) is 0 Å². The van der Waals surface area contributed by atoms with Crippen LogP contribution in [0.3, 0.4) is 0 Å². The van der Waals surface area contributed by atoms with Crippen LogP contribution in [0.5, 0.6) is 0 Å². The van der Waals surface area contributed by atoms with Gasteiger partial charge in [-0.25, -0.2) is 4.79 Å². The Bertz CT molecular complexity index is 1190. The van der Waals surface area contributed by atoms with Crippen LogP contribution in [0.4, 0.5) is 4.79 Å². The molecule has 3 amide bonds. The highest BCUT2D eigenvalue weighted by Crippen LogP contribution is 2.40. The van der Waals surface area contributed by atoms with E-state index in [4.69, 9.17) is 0 Å². The predicted octanol–water partition coefficient (Wildman–Crippen LogP) is 4.96. The van der Waals surface area contributed by atoms with Gasteiger partial charge >= 0.3 is 6.03 Å². The molecule has 34 heavy (non-hydrogen) atoms. The molecule has 6 nitrogen and oxygen atoms in total. The number of hydrogen-bond acceptors (Lipinski definition) is 3. The second-order valence-electron chi connectivity index (χ2n) is 9.96. The molecule has 2 aromatic rings. The van der Waals surface area contributed by atoms with Crippen LogP contribution >= 0.6 is 0 Å². The Kier molecular flexibility index (Phi) is 5.92. The molecule has 1 aromatic heterocycles. The standard InChI is InChI=1S/C28H33N3O3/c1-19-17-23(20(2)30(19)16-14-21-9-4-3-5-10-21)25(32)18-31-26(33)28(29-27(31)34)15-8-12-22-11-6-7-13-24(22)28/h6-7,9,11,13,17H,3-5,8,10,12,14-16,18H2,1-2H3,(H,29,34). The maximum atomic E-state index is 13.5. The number of aryl methyl sites for hydroxylation is 2. The number of rotatable bonds is 6. The average Bonchev–Trinajstić information content (AvgIpc) is 3.26. The summed E-state index contributed by atoms with van der Waals surface area (Å²) in [6.07, 6.45) is 10.5. The quantitative estimate of drug-likeness (QED) is 0.377. The van der Waals surface area contributed by atoms with Crippen molar-refractivity contribution in [1.82, 2.24) is 14.8 Å². The average molecular weight is 460 g/mol. The van der Waals surface area contributed by atoms with Crippen molar-refractivity contribution < 1.29 is 14.4 Å². The molecule has 1 atom stereocenters. The Morgan fingerprint density at radius 3 is 2.71 bits per heavy atom. The number of fused-ring (bicyclic) bond motifs is 2. The van der Waals surface area contributed by atoms with E-state index in [0.717, 1.165) is 53.2 Å². The Morgan fingerprint density at radius 2 is 1.91 bits per heavy atom. The van der Waals surface area contributed by atoms with Crippen LogP contribution in [0, 0.1) is 13.8 Å². The highest BCUT2D eigenvalue weighted by atomic mass is 16.2. The molecule has 6 heteroatoms. The molecule has 1 N–H and O–H groups in total. The third kappa shape index (κ3) is 3.79. The van der Waals surface area contributed by atoms with E-state index in [0.29, 0.717) is 12.0 Å². The molecule has 1 spiro atoms. The van der Waals surface area contributed by atoms with Crippen molar-refractivity contribution in [3.05, 3.63) is 70.1 Å². The zero-order chi connectivity index (χ0) is 23.9. The van der Waals surface area contributed by atoms with Gasteiger partial charge in [0.05, 0.1) is 6.54 Å². The number of hydrogen-bond donors (Lipinski definition) is 1. The minimum atomic E-state index is -1.04. The van der Waals surface area contributed by atoms with Crippen LogP contribution in [-0.2, 0) is 23.3 Å². The Morgan fingerprint density at radius 1 is 1.09 bits per heavy atom. The molecule has 1 fully saturated rings. The normalized spacial score (nSPS) is 22.1. The number of Topliss-reactive ketones (excluding diaryl/α,β-unsaturated/α-hetero) is 1. The molecule has 0 radical (unpaired) electrons. The fourth-order valence-electron chi connectivity index (χ4n) is 6.00. The van der Waals surface area contributed by atoms with E-state index in [1.54, 1.807) is 0 Å². The topological polar surface area (TPSA) is 71.4 Å². The molecule has 1 aromatic carbocycles. The molecule has 3 aliphatic rings. The number of nitrogens with one attached hydrogen (secondary N) is 1. The predicted molar refractivity (Wildman–Crippen MR) is 131 cm³/mol. The summed E-state index contributed by atoms with van der Waals surface area (Å²) in [5.74, 6) is -0.503. The number of carbonyl (C=O) groups excluding carboxylic acids is 3. The van der Waals surface area contributed by atoms with Crippen molar-refractivity contribution in [1.29, 1.82) is 0 Å². The largest absolute Gasteiger partial charge is 0.348 e. The number of urea groups is 1. The third-order valence-corrected chi connectivity index (χ3v) is 7.87. The number of aromatic nitrogens is 1. The first kappa shape index (κ1) is 22.6. The van der Waals surface area contributed by atoms with Gasteiger partial charge in [0.1, 0.15) is 5.54 Å². The van der Waals surface area contributed by atoms with E-state index in [-0.39, 0.29) is 18.2 Å². The molecule has 0 saturated carbocycles. The lowest BCUT2D eigenvalue weighted by Gasteiger charge is -2.33. The smallest absolute Gasteiger partial charge is 0.325 e. The van der Waals surface area contributed by atoms with Gasteiger partial charge in [-0.1, -0.05) is 35.9 Å². The van der Waals surface area contributed by atoms with Gasteiger partial charge in [-0.15, -0.1) is 0 Å². The number of carbonyl (C=O) groups is 3. The Hall–Kier alpha value is -3.15. The van der Waals surface area contributed by atoms with Crippen molar-refractivity contribution in [3.63, 3.8) is 0 Å². The maximum Gasteiger partial charge on any atom is 0.325 e. The highest BCUT2D eigenvalue weighted by Gasteiger charge is 2.54. The first-order valence-corrected chi connectivity index (χ1v) is 12.5. The molecule has 2 heterocycles. The van der Waals surface area contributed by atoms with E-state index < -0.39 is 11.6 Å². The van der Waals surface area contributed by atoms with Crippen LogP contribution in [0.25, 0.3) is 0 Å².